The van der Waals surface area contributed by atoms with Crippen LogP contribution in [0, 0.1) is 32.6 Å². The maximum Gasteiger partial charge on any atom is 0.172 e. The number of hydrogen-bond acceptors (Lipinski definition) is 5. The fourth-order valence-corrected chi connectivity index (χ4v) is 3.65. The highest BCUT2D eigenvalue weighted by molar-refractivity contribution is 5.93. The van der Waals surface area contributed by atoms with E-state index in [4.69, 9.17) is 14.5 Å². The lowest BCUT2D eigenvalue weighted by Crippen LogP contribution is -2.11. The van der Waals surface area contributed by atoms with Crippen LogP contribution in [-0.4, -0.2) is 45.4 Å². The van der Waals surface area contributed by atoms with Gasteiger partial charge in [0.05, 0.1) is 18.5 Å². The van der Waals surface area contributed by atoms with Crippen molar-refractivity contribution in [3.8, 4) is 23.3 Å². The summed E-state index contributed by atoms with van der Waals surface area (Å²) in [7, 11) is 3.87. The molecule has 0 saturated heterocycles. The van der Waals surface area contributed by atoms with Crippen LogP contribution in [-0.2, 0) is 6.54 Å². The molecule has 0 fully saturated rings. The number of fused-ring (bicyclic) bond motifs is 1. The molecule has 4 aromatic rings. The Kier molecular flexibility index (Phi) is 6.13. The molecule has 0 bridgehead atoms. The molecule has 0 aliphatic rings. The normalized spacial score (nSPS) is 12.2. The Morgan fingerprint density at radius 2 is 1.81 bits per heavy atom. The van der Waals surface area contributed by atoms with Crippen LogP contribution in [0.2, 0.25) is 0 Å². The highest BCUT2D eigenvalue weighted by Gasteiger charge is 2.21. The van der Waals surface area contributed by atoms with Crippen LogP contribution in [0.4, 0.5) is 0 Å². The molecular formula is C26H28N4O2. The molecule has 0 saturated carbocycles. The second-order valence-corrected chi connectivity index (χ2v) is 8.30. The predicted octanol–water partition coefficient (Wildman–Crippen LogP) is 4.26. The van der Waals surface area contributed by atoms with Gasteiger partial charge in [-0.15, -0.1) is 0 Å². The van der Waals surface area contributed by atoms with Crippen molar-refractivity contribution in [3.63, 3.8) is 0 Å². The number of rotatable bonds is 5. The van der Waals surface area contributed by atoms with Gasteiger partial charge in [-0.1, -0.05) is 42.2 Å². The maximum absolute atomic E-state index is 10.4. The van der Waals surface area contributed by atoms with Crippen LogP contribution >= 0.6 is 0 Å². The number of hydrogen-bond donors (Lipinski definition) is 1. The molecule has 0 radical (unpaired) electrons. The molecule has 0 spiro atoms. The first-order valence-corrected chi connectivity index (χ1v) is 10.6. The second-order valence-electron chi connectivity index (χ2n) is 8.30. The summed E-state index contributed by atoms with van der Waals surface area (Å²) in [5.74, 6) is 6.79. The van der Waals surface area contributed by atoms with E-state index in [-0.39, 0.29) is 0 Å². The molecular weight excluding hydrogens is 400 g/mol. The van der Waals surface area contributed by atoms with E-state index in [9.17, 15) is 5.11 Å². The molecule has 1 unspecified atom stereocenters. The van der Waals surface area contributed by atoms with E-state index in [0.29, 0.717) is 24.6 Å². The zero-order chi connectivity index (χ0) is 22.8. The van der Waals surface area contributed by atoms with Crippen molar-refractivity contribution in [2.45, 2.75) is 33.4 Å². The zero-order valence-electron chi connectivity index (χ0n) is 19.2. The van der Waals surface area contributed by atoms with Gasteiger partial charge < -0.3 is 9.52 Å². The Hall–Kier alpha value is -3.40. The van der Waals surface area contributed by atoms with E-state index >= 15 is 0 Å². The largest absolute Gasteiger partial charge is 0.456 e. The van der Waals surface area contributed by atoms with E-state index in [1.165, 1.54) is 0 Å². The molecule has 0 amide bonds. The predicted molar refractivity (Wildman–Crippen MR) is 126 cm³/mol. The minimum Gasteiger partial charge on any atom is -0.456 e. The van der Waals surface area contributed by atoms with Gasteiger partial charge in [-0.25, -0.2) is 9.67 Å². The highest BCUT2D eigenvalue weighted by atomic mass is 16.4. The van der Waals surface area contributed by atoms with Crippen molar-refractivity contribution in [2.75, 3.05) is 20.6 Å². The van der Waals surface area contributed by atoms with Gasteiger partial charge in [-0.05, 0) is 63.7 Å². The zero-order valence-corrected chi connectivity index (χ0v) is 19.2. The van der Waals surface area contributed by atoms with Crippen LogP contribution in [0.15, 0.2) is 46.9 Å². The summed E-state index contributed by atoms with van der Waals surface area (Å²) < 4.78 is 7.94. The first-order chi connectivity index (χ1) is 15.3. The molecule has 1 N–H and O–H groups in total. The van der Waals surface area contributed by atoms with Gasteiger partial charge in [0, 0.05) is 5.69 Å². The van der Waals surface area contributed by atoms with Crippen LogP contribution in [0.25, 0.3) is 22.5 Å². The van der Waals surface area contributed by atoms with E-state index in [2.05, 4.69) is 37.8 Å². The van der Waals surface area contributed by atoms with Crippen molar-refractivity contribution in [3.05, 3.63) is 70.6 Å². The molecule has 0 aliphatic carbocycles. The molecule has 164 valence electrons. The summed E-state index contributed by atoms with van der Waals surface area (Å²) in [5.41, 5.74) is 5.96. The number of furan rings is 1. The number of aliphatic hydroxyl groups is 1. The van der Waals surface area contributed by atoms with Crippen molar-refractivity contribution in [2.24, 2.45) is 0 Å². The SMILES string of the molecule is Cc1nc2c(c(-c3ccc(C(O)C#CCN(C)C)o3)nn2Cc2ccccc2)c(C)c1C. The lowest BCUT2D eigenvalue weighted by atomic mass is 10.0. The summed E-state index contributed by atoms with van der Waals surface area (Å²) in [6.45, 7) is 7.37. The molecule has 1 atom stereocenters. The molecule has 3 heterocycles. The fraction of sp³-hybridized carbons (Fsp3) is 0.308. The molecule has 4 rings (SSSR count). The Morgan fingerprint density at radius 1 is 1.06 bits per heavy atom. The summed E-state index contributed by atoms with van der Waals surface area (Å²) >= 11 is 0. The number of aromatic nitrogens is 3. The molecule has 0 aliphatic heterocycles. The number of benzene rings is 1. The van der Waals surface area contributed by atoms with Crippen molar-refractivity contribution in [1.82, 2.24) is 19.7 Å². The van der Waals surface area contributed by atoms with Crippen LogP contribution < -0.4 is 0 Å². The van der Waals surface area contributed by atoms with E-state index in [1.54, 1.807) is 6.07 Å². The minimum atomic E-state index is -0.982. The Labute approximate surface area is 188 Å². The van der Waals surface area contributed by atoms with Crippen molar-refractivity contribution >= 4 is 11.0 Å². The van der Waals surface area contributed by atoms with Gasteiger partial charge in [0.2, 0.25) is 0 Å². The Balaban J connectivity index is 1.78. The number of nitrogens with zero attached hydrogens (tertiary/aromatic N) is 4. The van der Waals surface area contributed by atoms with Crippen LogP contribution in [0.3, 0.4) is 0 Å². The molecule has 6 nitrogen and oxygen atoms in total. The third kappa shape index (κ3) is 4.31. The van der Waals surface area contributed by atoms with Crippen molar-refractivity contribution < 1.29 is 9.52 Å². The van der Waals surface area contributed by atoms with Crippen LogP contribution in [0.1, 0.15) is 34.2 Å². The monoisotopic (exact) mass is 428 g/mol. The average molecular weight is 429 g/mol. The third-order valence-electron chi connectivity index (χ3n) is 5.62. The lowest BCUT2D eigenvalue weighted by molar-refractivity contribution is 0.207. The molecule has 32 heavy (non-hydrogen) atoms. The van der Waals surface area contributed by atoms with Gasteiger partial charge in [0.1, 0.15) is 11.5 Å². The third-order valence-corrected chi connectivity index (χ3v) is 5.62. The molecule has 1 aromatic carbocycles. The van der Waals surface area contributed by atoms with Crippen LogP contribution in [0.5, 0.6) is 0 Å². The summed E-state index contributed by atoms with van der Waals surface area (Å²) in [4.78, 5) is 6.80. The maximum atomic E-state index is 10.4. The van der Waals surface area contributed by atoms with Gasteiger partial charge in [-0.2, -0.15) is 5.10 Å². The van der Waals surface area contributed by atoms with Gasteiger partial charge in [0.25, 0.3) is 0 Å². The smallest absolute Gasteiger partial charge is 0.172 e. The van der Waals surface area contributed by atoms with Gasteiger partial charge in [-0.3, -0.25) is 4.90 Å². The fourth-order valence-electron chi connectivity index (χ4n) is 3.65. The standard InChI is InChI=1S/C26H28N4O2/c1-17-18(2)24-25(23-14-13-22(32-23)21(31)12-9-15-29(4)5)28-30(26(24)27-19(17)3)16-20-10-7-6-8-11-20/h6-8,10-11,13-14,21,31H,15-16H2,1-5H3. The summed E-state index contributed by atoms with van der Waals surface area (Å²) in [6.07, 6.45) is -0.982. The highest BCUT2D eigenvalue weighted by Crippen LogP contribution is 2.34. The number of aryl methyl sites for hydroxylation is 2. The van der Waals surface area contributed by atoms with Gasteiger partial charge >= 0.3 is 0 Å². The number of aliphatic hydroxyl groups excluding tert-OH is 1. The lowest BCUT2D eigenvalue weighted by Gasteiger charge is -2.08. The minimum absolute atomic E-state index is 0.409. The van der Waals surface area contributed by atoms with E-state index in [1.807, 2.05) is 54.9 Å². The first-order valence-electron chi connectivity index (χ1n) is 10.6. The molecule has 3 aromatic heterocycles. The van der Waals surface area contributed by atoms with Gasteiger partial charge in [0.15, 0.2) is 17.5 Å². The van der Waals surface area contributed by atoms with E-state index < -0.39 is 6.10 Å². The Bertz CT molecular complexity index is 1310. The summed E-state index contributed by atoms with van der Waals surface area (Å²) in [5, 5.41) is 16.3. The average Bonchev–Trinajstić information content (AvgIpc) is 3.38. The quantitative estimate of drug-likeness (QED) is 0.481. The second kappa shape index (κ2) is 8.99. The van der Waals surface area contributed by atoms with Crippen molar-refractivity contribution in [1.29, 1.82) is 0 Å². The molecule has 6 heteroatoms. The first kappa shape index (κ1) is 21.8. The number of pyridine rings is 1. The Morgan fingerprint density at radius 3 is 2.53 bits per heavy atom. The summed E-state index contributed by atoms with van der Waals surface area (Å²) in [6, 6.07) is 13.8. The van der Waals surface area contributed by atoms with E-state index in [0.717, 1.165) is 39.1 Å². The topological polar surface area (TPSA) is 67.3 Å².